The Labute approximate surface area is 173 Å². The average Bonchev–Trinajstić information content (AvgIpc) is 2.76. The number of hydrogen-bond acceptors (Lipinski definition) is 6. The first kappa shape index (κ1) is 20.9. The van der Waals surface area contributed by atoms with Gasteiger partial charge in [0.2, 0.25) is 5.95 Å². The Bertz CT molecular complexity index is 819. The average molecular weight is 398 g/mol. The number of nitrogens with zero attached hydrogens (tertiary/aromatic N) is 4. The Morgan fingerprint density at radius 1 is 1.10 bits per heavy atom. The highest BCUT2D eigenvalue weighted by molar-refractivity contribution is 5.92. The van der Waals surface area contributed by atoms with Crippen LogP contribution in [0.15, 0.2) is 30.3 Å². The molecule has 0 bridgehead atoms. The smallest absolute Gasteiger partial charge is 0.270 e. The van der Waals surface area contributed by atoms with Crippen LogP contribution in [0.4, 0.5) is 11.6 Å². The van der Waals surface area contributed by atoms with Gasteiger partial charge in [-0.2, -0.15) is 0 Å². The number of para-hydroxylation sites is 2. The van der Waals surface area contributed by atoms with E-state index in [0.717, 1.165) is 62.6 Å². The van der Waals surface area contributed by atoms with E-state index in [1.54, 1.807) is 13.2 Å². The molecule has 0 saturated carbocycles. The molecular formula is C22H31N5O2. The molecule has 1 N–H and O–H groups in total. The lowest BCUT2D eigenvalue weighted by Crippen LogP contribution is -2.47. The number of nitrogens with one attached hydrogen (secondary N) is 1. The van der Waals surface area contributed by atoms with Crippen molar-refractivity contribution in [3.8, 4) is 5.75 Å². The van der Waals surface area contributed by atoms with Crippen molar-refractivity contribution in [2.45, 2.75) is 33.1 Å². The lowest BCUT2D eigenvalue weighted by Gasteiger charge is -2.36. The predicted octanol–water partition coefficient (Wildman–Crippen LogP) is 3.04. The summed E-state index contributed by atoms with van der Waals surface area (Å²) in [7, 11) is 1.70. The van der Waals surface area contributed by atoms with E-state index >= 15 is 0 Å². The van der Waals surface area contributed by atoms with Gasteiger partial charge in [0.15, 0.2) is 0 Å². The van der Waals surface area contributed by atoms with Crippen LogP contribution in [0.25, 0.3) is 0 Å². The number of piperazine rings is 1. The van der Waals surface area contributed by atoms with E-state index in [4.69, 9.17) is 4.74 Å². The van der Waals surface area contributed by atoms with Crippen LogP contribution < -0.4 is 19.9 Å². The molecule has 0 aliphatic carbocycles. The number of unbranched alkanes of at least 4 members (excludes halogenated alkanes) is 2. The minimum atomic E-state index is -0.125. The lowest BCUT2D eigenvalue weighted by atomic mass is 10.2. The molecule has 1 aliphatic heterocycles. The van der Waals surface area contributed by atoms with Gasteiger partial charge >= 0.3 is 0 Å². The number of carbonyl (C=O) groups is 1. The highest BCUT2D eigenvalue weighted by Crippen LogP contribution is 2.28. The largest absolute Gasteiger partial charge is 0.495 e. The van der Waals surface area contributed by atoms with Gasteiger partial charge in [0.05, 0.1) is 12.8 Å². The van der Waals surface area contributed by atoms with Gasteiger partial charge in [-0.3, -0.25) is 4.79 Å². The summed E-state index contributed by atoms with van der Waals surface area (Å²) in [5.41, 5.74) is 2.35. The van der Waals surface area contributed by atoms with Crippen molar-refractivity contribution in [2.75, 3.05) is 49.6 Å². The molecule has 1 aromatic carbocycles. The molecule has 0 unspecified atom stereocenters. The maximum absolute atomic E-state index is 12.5. The SMILES string of the molecule is CCCCCNC(=O)c1cc(C)nc(N2CCN(c3ccccc3OC)CC2)n1. The molecule has 156 valence electrons. The van der Waals surface area contributed by atoms with E-state index in [0.29, 0.717) is 18.2 Å². The third kappa shape index (κ3) is 5.37. The summed E-state index contributed by atoms with van der Waals surface area (Å²) in [5, 5.41) is 2.96. The van der Waals surface area contributed by atoms with Gasteiger partial charge in [0.25, 0.3) is 5.91 Å². The van der Waals surface area contributed by atoms with Crippen molar-refractivity contribution in [2.24, 2.45) is 0 Å². The Morgan fingerprint density at radius 2 is 1.83 bits per heavy atom. The Morgan fingerprint density at radius 3 is 2.55 bits per heavy atom. The summed E-state index contributed by atoms with van der Waals surface area (Å²) < 4.78 is 5.49. The first-order valence-corrected chi connectivity index (χ1v) is 10.4. The van der Waals surface area contributed by atoms with E-state index in [1.807, 2.05) is 25.1 Å². The number of rotatable bonds is 8. The number of aryl methyl sites for hydroxylation is 1. The van der Waals surface area contributed by atoms with Crippen molar-refractivity contribution >= 4 is 17.5 Å². The highest BCUT2D eigenvalue weighted by Gasteiger charge is 2.22. The number of carbonyl (C=O) groups excluding carboxylic acids is 1. The number of ether oxygens (including phenoxy) is 1. The summed E-state index contributed by atoms with van der Waals surface area (Å²) in [6.07, 6.45) is 3.24. The van der Waals surface area contributed by atoms with E-state index in [1.165, 1.54) is 0 Å². The zero-order valence-electron chi connectivity index (χ0n) is 17.6. The molecule has 0 atom stereocenters. The summed E-state index contributed by atoms with van der Waals surface area (Å²) in [6.45, 7) is 8.01. The van der Waals surface area contributed by atoms with Crippen molar-refractivity contribution in [1.29, 1.82) is 0 Å². The van der Waals surface area contributed by atoms with Crippen LogP contribution in [0.2, 0.25) is 0 Å². The monoisotopic (exact) mass is 397 g/mol. The fourth-order valence-corrected chi connectivity index (χ4v) is 3.52. The molecule has 1 saturated heterocycles. The van der Waals surface area contributed by atoms with Crippen LogP contribution in [0.1, 0.15) is 42.4 Å². The molecule has 2 aromatic rings. The quantitative estimate of drug-likeness (QED) is 0.691. The Kier molecular flexibility index (Phi) is 7.27. The Hall–Kier alpha value is -2.83. The summed E-state index contributed by atoms with van der Waals surface area (Å²) in [4.78, 5) is 26.0. The van der Waals surface area contributed by atoms with Crippen molar-refractivity contribution in [1.82, 2.24) is 15.3 Å². The molecule has 0 spiro atoms. The number of anilines is 2. The molecule has 1 aliphatic rings. The molecule has 29 heavy (non-hydrogen) atoms. The number of hydrogen-bond donors (Lipinski definition) is 1. The van der Waals surface area contributed by atoms with Gasteiger partial charge in [-0.05, 0) is 31.5 Å². The molecule has 1 aromatic heterocycles. The number of amides is 1. The minimum Gasteiger partial charge on any atom is -0.495 e. The molecule has 1 amide bonds. The van der Waals surface area contributed by atoms with E-state index in [2.05, 4.69) is 38.1 Å². The lowest BCUT2D eigenvalue weighted by molar-refractivity contribution is 0.0947. The number of methoxy groups -OCH3 is 1. The zero-order valence-corrected chi connectivity index (χ0v) is 17.6. The van der Waals surface area contributed by atoms with Gasteiger partial charge in [-0.1, -0.05) is 31.9 Å². The second-order valence-electron chi connectivity index (χ2n) is 7.30. The molecule has 3 rings (SSSR count). The van der Waals surface area contributed by atoms with E-state index < -0.39 is 0 Å². The molecule has 7 heteroatoms. The van der Waals surface area contributed by atoms with Crippen LogP contribution in [-0.4, -0.2) is 55.7 Å². The van der Waals surface area contributed by atoms with Crippen LogP contribution in [0.3, 0.4) is 0 Å². The normalized spacial score (nSPS) is 14.0. The third-order valence-corrected chi connectivity index (χ3v) is 5.13. The second kappa shape index (κ2) is 10.1. The first-order valence-electron chi connectivity index (χ1n) is 10.4. The minimum absolute atomic E-state index is 0.125. The van der Waals surface area contributed by atoms with Crippen LogP contribution in [-0.2, 0) is 0 Å². The van der Waals surface area contributed by atoms with Crippen molar-refractivity contribution < 1.29 is 9.53 Å². The number of aromatic nitrogens is 2. The fourth-order valence-electron chi connectivity index (χ4n) is 3.52. The van der Waals surface area contributed by atoms with Crippen LogP contribution >= 0.6 is 0 Å². The molecule has 1 fully saturated rings. The predicted molar refractivity (Wildman–Crippen MR) is 116 cm³/mol. The first-order chi connectivity index (χ1) is 14.1. The maximum atomic E-state index is 12.5. The fraction of sp³-hybridized carbons (Fsp3) is 0.500. The topological polar surface area (TPSA) is 70.6 Å². The highest BCUT2D eigenvalue weighted by atomic mass is 16.5. The Balaban J connectivity index is 1.64. The standard InChI is InChI=1S/C22H31N5O2/c1-4-5-8-11-23-21(28)18-16-17(2)24-22(25-18)27-14-12-26(13-15-27)19-9-6-7-10-20(19)29-3/h6-7,9-10,16H,4-5,8,11-15H2,1-3H3,(H,23,28). The van der Waals surface area contributed by atoms with Crippen LogP contribution in [0.5, 0.6) is 5.75 Å². The zero-order chi connectivity index (χ0) is 20.6. The van der Waals surface area contributed by atoms with Gasteiger partial charge in [0, 0.05) is 38.4 Å². The maximum Gasteiger partial charge on any atom is 0.270 e. The molecule has 7 nitrogen and oxygen atoms in total. The van der Waals surface area contributed by atoms with Gasteiger partial charge in [-0.15, -0.1) is 0 Å². The molecule has 0 radical (unpaired) electrons. The molecular weight excluding hydrogens is 366 g/mol. The van der Waals surface area contributed by atoms with Gasteiger partial charge < -0.3 is 19.9 Å². The number of benzene rings is 1. The summed E-state index contributed by atoms with van der Waals surface area (Å²) in [6, 6.07) is 9.83. The van der Waals surface area contributed by atoms with Crippen molar-refractivity contribution in [3.63, 3.8) is 0 Å². The summed E-state index contributed by atoms with van der Waals surface area (Å²) in [5.74, 6) is 1.39. The van der Waals surface area contributed by atoms with Gasteiger partial charge in [0.1, 0.15) is 11.4 Å². The van der Waals surface area contributed by atoms with E-state index in [-0.39, 0.29) is 5.91 Å². The molecule has 2 heterocycles. The third-order valence-electron chi connectivity index (χ3n) is 5.13. The summed E-state index contributed by atoms with van der Waals surface area (Å²) >= 11 is 0. The second-order valence-corrected chi connectivity index (χ2v) is 7.30. The van der Waals surface area contributed by atoms with Crippen LogP contribution in [0, 0.1) is 6.92 Å². The van der Waals surface area contributed by atoms with Gasteiger partial charge in [-0.25, -0.2) is 9.97 Å². The van der Waals surface area contributed by atoms with E-state index in [9.17, 15) is 4.79 Å². The van der Waals surface area contributed by atoms with Crippen molar-refractivity contribution in [3.05, 3.63) is 41.7 Å².